The van der Waals surface area contributed by atoms with Gasteiger partial charge in [-0.05, 0) is 17.7 Å². The SMILES string of the molecule is Oc1ccccc1OC(c1ccccc1)C1CO1. The summed E-state index contributed by atoms with van der Waals surface area (Å²) in [6.45, 7) is 0.702. The number of phenolic OH excluding ortho intramolecular Hbond substituents is 1. The quantitative estimate of drug-likeness (QED) is 0.838. The minimum absolute atomic E-state index is 0.0759. The highest BCUT2D eigenvalue weighted by Crippen LogP contribution is 2.35. The molecule has 1 aliphatic heterocycles. The summed E-state index contributed by atoms with van der Waals surface area (Å²) < 4.78 is 11.2. The largest absolute Gasteiger partial charge is 0.504 e. The Morgan fingerprint density at radius 1 is 1.06 bits per heavy atom. The Kier molecular flexibility index (Phi) is 2.90. The molecule has 0 spiro atoms. The molecule has 3 heteroatoms. The van der Waals surface area contributed by atoms with E-state index in [9.17, 15) is 5.11 Å². The Labute approximate surface area is 106 Å². The van der Waals surface area contributed by atoms with Gasteiger partial charge in [-0.25, -0.2) is 0 Å². The third-order valence-electron chi connectivity index (χ3n) is 2.94. The zero-order valence-electron chi connectivity index (χ0n) is 9.82. The van der Waals surface area contributed by atoms with Crippen LogP contribution in [0.15, 0.2) is 54.6 Å². The maximum absolute atomic E-state index is 9.74. The fourth-order valence-electron chi connectivity index (χ4n) is 1.93. The molecule has 1 saturated heterocycles. The highest BCUT2D eigenvalue weighted by molar-refractivity contribution is 5.39. The first-order chi connectivity index (χ1) is 8.84. The molecule has 0 saturated carbocycles. The molecule has 2 aromatic rings. The number of rotatable bonds is 4. The first-order valence-electron chi connectivity index (χ1n) is 5.96. The van der Waals surface area contributed by atoms with Crippen LogP contribution in [-0.2, 0) is 4.74 Å². The molecule has 1 N–H and O–H groups in total. The van der Waals surface area contributed by atoms with E-state index in [2.05, 4.69) is 0 Å². The second-order valence-electron chi connectivity index (χ2n) is 4.29. The summed E-state index contributed by atoms with van der Waals surface area (Å²) in [4.78, 5) is 0. The molecule has 18 heavy (non-hydrogen) atoms. The molecule has 0 bridgehead atoms. The summed E-state index contributed by atoms with van der Waals surface area (Å²) in [5, 5.41) is 9.74. The molecule has 0 aliphatic carbocycles. The van der Waals surface area contributed by atoms with Crippen LogP contribution in [0.1, 0.15) is 11.7 Å². The molecular formula is C15H14O3. The second kappa shape index (κ2) is 4.70. The summed E-state index contributed by atoms with van der Waals surface area (Å²) in [7, 11) is 0. The number of phenols is 1. The van der Waals surface area contributed by atoms with Crippen molar-refractivity contribution in [3.63, 3.8) is 0 Å². The van der Waals surface area contributed by atoms with Crippen LogP contribution in [0.4, 0.5) is 0 Å². The molecule has 92 valence electrons. The van der Waals surface area contributed by atoms with Crippen molar-refractivity contribution in [2.45, 2.75) is 12.2 Å². The van der Waals surface area contributed by atoms with Gasteiger partial charge in [0, 0.05) is 0 Å². The maximum atomic E-state index is 9.74. The highest BCUT2D eigenvalue weighted by Gasteiger charge is 2.36. The lowest BCUT2D eigenvalue weighted by molar-refractivity contribution is 0.156. The fourth-order valence-corrected chi connectivity index (χ4v) is 1.93. The molecule has 3 nitrogen and oxygen atoms in total. The van der Waals surface area contributed by atoms with Crippen LogP contribution in [-0.4, -0.2) is 17.8 Å². The lowest BCUT2D eigenvalue weighted by atomic mass is 10.1. The van der Waals surface area contributed by atoms with E-state index in [1.807, 2.05) is 36.4 Å². The normalized spacial score (nSPS) is 19.2. The molecule has 2 atom stereocenters. The Balaban J connectivity index is 1.86. The molecular weight excluding hydrogens is 228 g/mol. The van der Waals surface area contributed by atoms with Crippen molar-refractivity contribution in [1.29, 1.82) is 0 Å². The number of aromatic hydroxyl groups is 1. The Morgan fingerprint density at radius 3 is 2.39 bits per heavy atom. The van der Waals surface area contributed by atoms with E-state index < -0.39 is 0 Å². The average molecular weight is 242 g/mol. The summed E-state index contributed by atoms with van der Waals surface area (Å²) in [6.07, 6.45) is -0.0912. The average Bonchev–Trinajstić information content (AvgIpc) is 3.23. The zero-order chi connectivity index (χ0) is 12.4. The number of benzene rings is 2. The molecule has 0 amide bonds. The Bertz CT molecular complexity index is 520. The van der Waals surface area contributed by atoms with Gasteiger partial charge in [0.1, 0.15) is 6.10 Å². The van der Waals surface area contributed by atoms with Gasteiger partial charge in [-0.2, -0.15) is 0 Å². The van der Waals surface area contributed by atoms with Crippen LogP contribution < -0.4 is 4.74 Å². The van der Waals surface area contributed by atoms with Crippen molar-refractivity contribution in [2.24, 2.45) is 0 Å². The van der Waals surface area contributed by atoms with Crippen LogP contribution >= 0.6 is 0 Å². The molecule has 0 radical (unpaired) electrons. The first-order valence-corrected chi connectivity index (χ1v) is 5.96. The van der Waals surface area contributed by atoms with Gasteiger partial charge in [-0.15, -0.1) is 0 Å². The van der Waals surface area contributed by atoms with Crippen molar-refractivity contribution in [3.8, 4) is 11.5 Å². The number of hydrogen-bond acceptors (Lipinski definition) is 3. The standard InChI is InChI=1S/C15H14O3/c16-12-8-4-5-9-13(12)18-15(14-10-17-14)11-6-2-1-3-7-11/h1-9,14-16H,10H2. The Hall–Kier alpha value is -2.00. The molecule has 2 aromatic carbocycles. The van der Waals surface area contributed by atoms with E-state index >= 15 is 0 Å². The van der Waals surface area contributed by atoms with Crippen molar-refractivity contribution >= 4 is 0 Å². The van der Waals surface area contributed by atoms with E-state index in [0.29, 0.717) is 12.4 Å². The fraction of sp³-hybridized carbons (Fsp3) is 0.200. The predicted molar refractivity (Wildman–Crippen MR) is 67.7 cm³/mol. The van der Waals surface area contributed by atoms with Crippen molar-refractivity contribution in [1.82, 2.24) is 0 Å². The van der Waals surface area contributed by atoms with Gasteiger partial charge in [-0.3, -0.25) is 0 Å². The van der Waals surface area contributed by atoms with Gasteiger partial charge >= 0.3 is 0 Å². The number of hydrogen-bond donors (Lipinski definition) is 1. The van der Waals surface area contributed by atoms with Gasteiger partial charge in [0.05, 0.1) is 6.61 Å². The molecule has 1 fully saturated rings. The first kappa shape index (κ1) is 11.1. The van der Waals surface area contributed by atoms with Crippen molar-refractivity contribution < 1.29 is 14.6 Å². The van der Waals surface area contributed by atoms with Crippen molar-refractivity contribution in [2.75, 3.05) is 6.61 Å². The Morgan fingerprint density at radius 2 is 1.72 bits per heavy atom. The molecule has 2 unspecified atom stereocenters. The van der Waals surface area contributed by atoms with Crippen LogP contribution in [0.2, 0.25) is 0 Å². The predicted octanol–water partition coefficient (Wildman–Crippen LogP) is 2.91. The highest BCUT2D eigenvalue weighted by atomic mass is 16.6. The van der Waals surface area contributed by atoms with Crippen LogP contribution in [0.3, 0.4) is 0 Å². The number of ether oxygens (including phenoxy) is 2. The van der Waals surface area contributed by atoms with Crippen LogP contribution in [0, 0.1) is 0 Å². The van der Waals surface area contributed by atoms with Gasteiger partial charge < -0.3 is 14.6 Å². The lowest BCUT2D eigenvalue weighted by Crippen LogP contribution is -2.14. The van der Waals surface area contributed by atoms with Gasteiger partial charge in [0.2, 0.25) is 0 Å². The van der Waals surface area contributed by atoms with Crippen LogP contribution in [0.5, 0.6) is 11.5 Å². The summed E-state index contributed by atoms with van der Waals surface area (Å²) in [5.41, 5.74) is 1.06. The van der Waals surface area contributed by atoms with Gasteiger partial charge in [0.15, 0.2) is 17.6 Å². The number of epoxide rings is 1. The van der Waals surface area contributed by atoms with E-state index in [1.165, 1.54) is 0 Å². The van der Waals surface area contributed by atoms with E-state index in [4.69, 9.17) is 9.47 Å². The van der Waals surface area contributed by atoms with E-state index in [-0.39, 0.29) is 18.0 Å². The number of para-hydroxylation sites is 2. The molecule has 1 heterocycles. The second-order valence-corrected chi connectivity index (χ2v) is 4.29. The minimum Gasteiger partial charge on any atom is -0.504 e. The van der Waals surface area contributed by atoms with Gasteiger partial charge in [-0.1, -0.05) is 42.5 Å². The van der Waals surface area contributed by atoms with Crippen LogP contribution in [0.25, 0.3) is 0 Å². The summed E-state index contributed by atoms with van der Waals surface area (Å²) in [5.74, 6) is 0.640. The zero-order valence-corrected chi connectivity index (χ0v) is 9.82. The third kappa shape index (κ3) is 2.31. The van der Waals surface area contributed by atoms with E-state index in [1.54, 1.807) is 18.2 Å². The monoisotopic (exact) mass is 242 g/mol. The molecule has 0 aromatic heterocycles. The smallest absolute Gasteiger partial charge is 0.162 e. The van der Waals surface area contributed by atoms with E-state index in [0.717, 1.165) is 5.56 Å². The summed E-state index contributed by atoms with van der Waals surface area (Å²) in [6, 6.07) is 16.9. The maximum Gasteiger partial charge on any atom is 0.162 e. The van der Waals surface area contributed by atoms with Crippen molar-refractivity contribution in [3.05, 3.63) is 60.2 Å². The molecule has 3 rings (SSSR count). The third-order valence-corrected chi connectivity index (χ3v) is 2.94. The molecule has 1 aliphatic rings. The minimum atomic E-state index is -0.167. The lowest BCUT2D eigenvalue weighted by Gasteiger charge is -2.18. The summed E-state index contributed by atoms with van der Waals surface area (Å²) >= 11 is 0. The topological polar surface area (TPSA) is 42.0 Å². The van der Waals surface area contributed by atoms with Gasteiger partial charge in [0.25, 0.3) is 0 Å².